The van der Waals surface area contributed by atoms with E-state index in [4.69, 9.17) is 0 Å². The Balaban J connectivity index is 2.18. The number of rotatable bonds is 5. The first-order valence-corrected chi connectivity index (χ1v) is 7.13. The normalized spacial score (nSPS) is 15.3. The van der Waals surface area contributed by atoms with E-state index in [0.717, 1.165) is 36.4 Å². The van der Waals surface area contributed by atoms with Gasteiger partial charge < -0.3 is 10.2 Å². The summed E-state index contributed by atoms with van der Waals surface area (Å²) in [4.78, 5) is 15.5. The van der Waals surface area contributed by atoms with E-state index in [1.807, 2.05) is 7.05 Å². The van der Waals surface area contributed by atoms with Crippen molar-refractivity contribution in [3.8, 4) is 0 Å². The van der Waals surface area contributed by atoms with Crippen molar-refractivity contribution in [2.75, 3.05) is 36.1 Å². The Bertz CT molecular complexity index is 365. The van der Waals surface area contributed by atoms with E-state index < -0.39 is 0 Å². The van der Waals surface area contributed by atoms with Crippen LogP contribution in [0.2, 0.25) is 0 Å². The van der Waals surface area contributed by atoms with Gasteiger partial charge in [-0.2, -0.15) is 15.0 Å². The van der Waals surface area contributed by atoms with Crippen LogP contribution in [0.25, 0.3) is 0 Å². The maximum atomic E-state index is 4.53. The maximum absolute atomic E-state index is 4.53. The minimum atomic E-state index is 0.667. The van der Waals surface area contributed by atoms with Crippen molar-refractivity contribution < 1.29 is 0 Å². The topological polar surface area (TPSA) is 53.9 Å². The zero-order chi connectivity index (χ0) is 12.1. The highest BCUT2D eigenvalue weighted by Gasteiger charge is 2.17. The van der Waals surface area contributed by atoms with Crippen molar-refractivity contribution in [3.63, 3.8) is 0 Å². The Morgan fingerprint density at radius 3 is 2.65 bits per heavy atom. The molecule has 2 rings (SSSR count). The third-order valence-corrected chi connectivity index (χ3v) is 3.70. The van der Waals surface area contributed by atoms with Crippen LogP contribution in [-0.2, 0) is 0 Å². The predicted octanol–water partition coefficient (Wildman–Crippen LogP) is 2.02. The van der Waals surface area contributed by atoms with Crippen LogP contribution in [0.4, 0.5) is 11.9 Å². The van der Waals surface area contributed by atoms with Crippen molar-refractivity contribution in [3.05, 3.63) is 0 Å². The van der Waals surface area contributed by atoms with Gasteiger partial charge in [-0.15, -0.1) is 0 Å². The van der Waals surface area contributed by atoms with E-state index in [9.17, 15) is 0 Å². The van der Waals surface area contributed by atoms with Gasteiger partial charge in [0.05, 0.1) is 0 Å². The molecule has 0 aliphatic carbocycles. The number of thioether (sulfide) groups is 1. The maximum Gasteiger partial charge on any atom is 0.231 e. The molecule has 17 heavy (non-hydrogen) atoms. The summed E-state index contributed by atoms with van der Waals surface area (Å²) in [6, 6.07) is 0. The van der Waals surface area contributed by atoms with Crippen LogP contribution < -0.4 is 10.2 Å². The van der Waals surface area contributed by atoms with Gasteiger partial charge in [-0.25, -0.2) is 0 Å². The zero-order valence-corrected chi connectivity index (χ0v) is 11.3. The average Bonchev–Trinajstić information content (AvgIpc) is 2.89. The van der Waals surface area contributed by atoms with Crippen molar-refractivity contribution in [2.24, 2.45) is 0 Å². The van der Waals surface area contributed by atoms with Crippen molar-refractivity contribution in [2.45, 2.75) is 31.3 Å². The summed E-state index contributed by atoms with van der Waals surface area (Å²) in [5.74, 6) is 2.54. The van der Waals surface area contributed by atoms with Gasteiger partial charge in [0.2, 0.25) is 11.9 Å². The summed E-state index contributed by atoms with van der Waals surface area (Å²) in [6.07, 6.45) is 3.60. The number of aromatic nitrogens is 3. The van der Waals surface area contributed by atoms with Gasteiger partial charge in [0, 0.05) is 25.9 Å². The molecule has 0 saturated carbocycles. The Hall–Kier alpha value is -1.04. The third-order valence-electron chi connectivity index (χ3n) is 2.65. The van der Waals surface area contributed by atoms with E-state index in [1.165, 1.54) is 12.8 Å². The van der Waals surface area contributed by atoms with Gasteiger partial charge in [-0.05, 0) is 19.3 Å². The van der Waals surface area contributed by atoms with Crippen LogP contribution >= 0.6 is 11.8 Å². The fourth-order valence-corrected chi connectivity index (χ4v) is 2.46. The van der Waals surface area contributed by atoms with Crippen LogP contribution in [0, 0.1) is 0 Å². The van der Waals surface area contributed by atoms with Crippen LogP contribution in [0.15, 0.2) is 5.16 Å². The number of nitrogens with one attached hydrogen (secondary N) is 1. The summed E-state index contributed by atoms with van der Waals surface area (Å²) in [7, 11) is 1.84. The first-order valence-electron chi connectivity index (χ1n) is 6.15. The van der Waals surface area contributed by atoms with E-state index in [0.29, 0.717) is 5.95 Å². The molecule has 1 aliphatic heterocycles. The Morgan fingerprint density at radius 1 is 1.24 bits per heavy atom. The summed E-state index contributed by atoms with van der Waals surface area (Å²) in [5.41, 5.74) is 0. The third kappa shape index (κ3) is 3.21. The molecule has 1 saturated heterocycles. The number of hydrogen-bond donors (Lipinski definition) is 1. The monoisotopic (exact) mass is 253 g/mol. The zero-order valence-electron chi connectivity index (χ0n) is 10.4. The smallest absolute Gasteiger partial charge is 0.231 e. The largest absolute Gasteiger partial charge is 0.357 e. The average molecular weight is 253 g/mol. The lowest BCUT2D eigenvalue weighted by atomic mass is 10.4. The van der Waals surface area contributed by atoms with Gasteiger partial charge in [-0.1, -0.05) is 18.7 Å². The van der Waals surface area contributed by atoms with Crippen molar-refractivity contribution >= 4 is 23.7 Å². The molecule has 1 aliphatic rings. The molecule has 0 atom stereocenters. The van der Waals surface area contributed by atoms with E-state index in [2.05, 4.69) is 32.1 Å². The van der Waals surface area contributed by atoms with Gasteiger partial charge in [0.15, 0.2) is 5.16 Å². The predicted molar refractivity (Wildman–Crippen MR) is 71.8 cm³/mol. The molecule has 1 fully saturated rings. The Morgan fingerprint density at radius 2 is 2.00 bits per heavy atom. The second-order valence-electron chi connectivity index (χ2n) is 4.03. The quantitative estimate of drug-likeness (QED) is 0.810. The van der Waals surface area contributed by atoms with Gasteiger partial charge in [0.25, 0.3) is 0 Å². The molecule has 0 aromatic carbocycles. The lowest BCUT2D eigenvalue weighted by molar-refractivity contribution is 0.829. The first-order chi connectivity index (χ1) is 8.33. The molecule has 1 aromatic heterocycles. The van der Waals surface area contributed by atoms with E-state index in [-0.39, 0.29) is 0 Å². The molecule has 0 spiro atoms. The van der Waals surface area contributed by atoms with Gasteiger partial charge in [0.1, 0.15) is 0 Å². The van der Waals surface area contributed by atoms with Crippen molar-refractivity contribution in [1.29, 1.82) is 0 Å². The second-order valence-corrected chi connectivity index (χ2v) is 5.10. The van der Waals surface area contributed by atoms with E-state index in [1.54, 1.807) is 11.8 Å². The molecule has 5 nitrogen and oxygen atoms in total. The Labute approximate surface area is 106 Å². The summed E-state index contributed by atoms with van der Waals surface area (Å²) in [6.45, 7) is 4.28. The molecule has 6 heteroatoms. The molecule has 0 bridgehead atoms. The second kappa shape index (κ2) is 6.05. The molecular weight excluding hydrogens is 234 g/mol. The molecule has 1 aromatic rings. The lowest BCUT2D eigenvalue weighted by Crippen LogP contribution is -2.21. The first kappa shape index (κ1) is 12.4. The highest BCUT2D eigenvalue weighted by atomic mass is 32.2. The molecule has 2 heterocycles. The molecule has 1 N–H and O–H groups in total. The molecule has 0 amide bonds. The van der Waals surface area contributed by atoms with E-state index >= 15 is 0 Å². The molecule has 0 radical (unpaired) electrons. The molecule has 0 unspecified atom stereocenters. The number of hydrogen-bond acceptors (Lipinski definition) is 6. The summed E-state index contributed by atoms with van der Waals surface area (Å²) >= 11 is 1.69. The minimum Gasteiger partial charge on any atom is -0.357 e. The van der Waals surface area contributed by atoms with Crippen LogP contribution in [0.1, 0.15) is 26.2 Å². The fourth-order valence-electron chi connectivity index (χ4n) is 1.77. The van der Waals surface area contributed by atoms with Crippen LogP contribution in [0.5, 0.6) is 0 Å². The number of nitrogens with zero attached hydrogens (tertiary/aromatic N) is 4. The lowest BCUT2D eigenvalue weighted by Gasteiger charge is -2.16. The highest BCUT2D eigenvalue weighted by molar-refractivity contribution is 7.99. The molecule has 94 valence electrons. The SMILES string of the molecule is CCCSc1nc(NC)nc(N2CCCC2)n1. The van der Waals surface area contributed by atoms with Crippen molar-refractivity contribution in [1.82, 2.24) is 15.0 Å². The fraction of sp³-hybridized carbons (Fsp3) is 0.727. The standard InChI is InChI=1S/C11H19N5S/c1-3-8-17-11-14-9(12-2)13-10(15-11)16-6-4-5-7-16/h3-8H2,1-2H3,(H,12,13,14,15). The summed E-state index contributed by atoms with van der Waals surface area (Å²) < 4.78 is 0. The highest BCUT2D eigenvalue weighted by Crippen LogP contribution is 2.21. The van der Waals surface area contributed by atoms with Gasteiger partial charge in [-0.3, -0.25) is 0 Å². The Kier molecular flexibility index (Phi) is 4.42. The minimum absolute atomic E-state index is 0.667. The van der Waals surface area contributed by atoms with Crippen LogP contribution in [-0.4, -0.2) is 40.8 Å². The van der Waals surface area contributed by atoms with Crippen LogP contribution in [0.3, 0.4) is 0 Å². The van der Waals surface area contributed by atoms with Gasteiger partial charge >= 0.3 is 0 Å². The summed E-state index contributed by atoms with van der Waals surface area (Å²) in [5, 5.41) is 3.83. The number of anilines is 2. The molecular formula is C11H19N5S.